The van der Waals surface area contributed by atoms with Crippen molar-refractivity contribution in [2.75, 3.05) is 13.1 Å². The topological polar surface area (TPSA) is 47.1 Å². The quantitative estimate of drug-likeness (QED) is 0.810. The molecule has 0 aliphatic carbocycles. The van der Waals surface area contributed by atoms with Crippen LogP contribution in [0.15, 0.2) is 12.3 Å². The van der Waals surface area contributed by atoms with Crippen LogP contribution in [-0.2, 0) is 6.54 Å². The largest absolute Gasteiger partial charge is 0.321 e. The van der Waals surface area contributed by atoms with Gasteiger partial charge in [-0.15, -0.1) is 0 Å². The van der Waals surface area contributed by atoms with Gasteiger partial charge in [-0.2, -0.15) is 5.10 Å². The molecule has 4 nitrogen and oxygen atoms in total. The molecule has 1 aromatic heterocycles. The van der Waals surface area contributed by atoms with E-state index >= 15 is 0 Å². The molecular weight excluding hydrogens is 224 g/mol. The summed E-state index contributed by atoms with van der Waals surface area (Å²) in [5.74, 6) is 0. The summed E-state index contributed by atoms with van der Waals surface area (Å²) in [6.07, 6.45) is 2.93. The highest BCUT2D eigenvalue weighted by molar-refractivity contribution is 5.13. The van der Waals surface area contributed by atoms with Gasteiger partial charge in [0.05, 0.1) is 11.7 Å². The number of likely N-dealkylation sites (N-methyl/N-ethyl adjacent to an activating group) is 1. The monoisotopic (exact) mass is 252 g/mol. The van der Waals surface area contributed by atoms with E-state index in [1.165, 1.54) is 0 Å². The summed E-state index contributed by atoms with van der Waals surface area (Å²) < 4.78 is 2.04. The Hall–Kier alpha value is -0.870. The molecule has 4 heteroatoms. The lowest BCUT2D eigenvalue weighted by molar-refractivity contribution is 0.103. The zero-order valence-corrected chi connectivity index (χ0v) is 12.5. The van der Waals surface area contributed by atoms with E-state index in [1.54, 1.807) is 0 Å². The molecule has 0 saturated carbocycles. The van der Waals surface area contributed by atoms with Crippen LogP contribution in [0.3, 0.4) is 0 Å². The van der Waals surface area contributed by atoms with Gasteiger partial charge in [-0.1, -0.05) is 20.8 Å². The molecule has 0 saturated heterocycles. The molecule has 0 fully saturated rings. The van der Waals surface area contributed by atoms with Crippen LogP contribution in [0.1, 0.15) is 52.8 Å². The summed E-state index contributed by atoms with van der Waals surface area (Å²) in [5, 5.41) is 4.37. The Labute approximate surface area is 111 Å². The van der Waals surface area contributed by atoms with Crippen molar-refractivity contribution in [2.24, 2.45) is 5.73 Å². The average Bonchev–Trinajstić information content (AvgIpc) is 2.78. The van der Waals surface area contributed by atoms with Gasteiger partial charge in [-0.25, -0.2) is 0 Å². The predicted molar refractivity (Wildman–Crippen MR) is 76.4 cm³/mol. The molecule has 18 heavy (non-hydrogen) atoms. The van der Waals surface area contributed by atoms with Gasteiger partial charge < -0.3 is 5.73 Å². The molecule has 0 bridgehead atoms. The van der Waals surface area contributed by atoms with E-state index < -0.39 is 0 Å². The molecule has 0 aliphatic heterocycles. The van der Waals surface area contributed by atoms with Crippen molar-refractivity contribution < 1.29 is 0 Å². The van der Waals surface area contributed by atoms with Crippen molar-refractivity contribution >= 4 is 0 Å². The minimum absolute atomic E-state index is 0.0218. The summed E-state index contributed by atoms with van der Waals surface area (Å²) in [6.45, 7) is 13.9. The Bertz CT molecular complexity index is 352. The van der Waals surface area contributed by atoms with E-state index in [1.807, 2.05) is 16.9 Å². The fraction of sp³-hybridized carbons (Fsp3) is 0.786. The van der Waals surface area contributed by atoms with Crippen LogP contribution < -0.4 is 5.73 Å². The second-order valence-electron chi connectivity index (χ2n) is 5.28. The maximum absolute atomic E-state index is 6.50. The maximum Gasteiger partial charge on any atom is 0.0648 e. The lowest BCUT2D eigenvalue weighted by atomic mass is 9.90. The van der Waals surface area contributed by atoms with Gasteiger partial charge in [0.2, 0.25) is 0 Å². The van der Waals surface area contributed by atoms with Crippen molar-refractivity contribution in [1.82, 2.24) is 14.7 Å². The van der Waals surface area contributed by atoms with E-state index in [2.05, 4.69) is 44.6 Å². The molecule has 1 rings (SSSR count). The third-order valence-electron chi connectivity index (χ3n) is 3.84. The van der Waals surface area contributed by atoms with Gasteiger partial charge in [-0.05, 0) is 39.4 Å². The number of hydrogen-bond acceptors (Lipinski definition) is 3. The first kappa shape index (κ1) is 15.2. The molecule has 1 unspecified atom stereocenters. The van der Waals surface area contributed by atoms with Crippen molar-refractivity contribution in [3.8, 4) is 0 Å². The highest BCUT2D eigenvalue weighted by Gasteiger charge is 2.34. The van der Waals surface area contributed by atoms with Gasteiger partial charge in [0.1, 0.15) is 0 Å². The van der Waals surface area contributed by atoms with Crippen molar-refractivity contribution in [2.45, 2.75) is 59.2 Å². The van der Waals surface area contributed by atoms with E-state index in [0.29, 0.717) is 0 Å². The van der Waals surface area contributed by atoms with Crippen molar-refractivity contribution in [1.29, 1.82) is 0 Å². The first-order chi connectivity index (χ1) is 8.48. The van der Waals surface area contributed by atoms with E-state index in [9.17, 15) is 0 Å². The first-order valence-electron chi connectivity index (χ1n) is 7.01. The molecule has 104 valence electrons. The first-order valence-corrected chi connectivity index (χ1v) is 7.01. The Morgan fingerprint density at radius 1 is 1.33 bits per heavy atom. The fourth-order valence-electron chi connectivity index (χ4n) is 2.60. The minimum Gasteiger partial charge on any atom is -0.321 e. The zero-order valence-electron chi connectivity index (χ0n) is 12.5. The zero-order chi connectivity index (χ0) is 13.8. The highest BCUT2D eigenvalue weighted by Crippen LogP contribution is 2.28. The van der Waals surface area contributed by atoms with Gasteiger partial charge in [0.25, 0.3) is 0 Å². The Balaban J connectivity index is 2.97. The SMILES string of the molecule is CCCn1nccc1C(N)C(C)(C)N(CC)CC. The predicted octanol–water partition coefficient (Wildman–Crippen LogP) is 2.41. The number of nitrogens with two attached hydrogens (primary N) is 1. The van der Waals surface area contributed by atoms with Gasteiger partial charge in [-0.3, -0.25) is 9.58 Å². The van der Waals surface area contributed by atoms with Crippen LogP contribution in [0.2, 0.25) is 0 Å². The summed E-state index contributed by atoms with van der Waals surface area (Å²) in [7, 11) is 0. The molecule has 0 spiro atoms. The molecule has 1 heterocycles. The van der Waals surface area contributed by atoms with E-state index in [4.69, 9.17) is 5.73 Å². The maximum atomic E-state index is 6.50. The van der Waals surface area contributed by atoms with Crippen LogP contribution >= 0.6 is 0 Å². The third kappa shape index (κ3) is 2.93. The van der Waals surface area contributed by atoms with E-state index in [0.717, 1.165) is 31.7 Å². The minimum atomic E-state index is -0.0605. The number of hydrogen-bond donors (Lipinski definition) is 1. The molecule has 0 aliphatic rings. The fourth-order valence-corrected chi connectivity index (χ4v) is 2.60. The average molecular weight is 252 g/mol. The second kappa shape index (κ2) is 6.34. The van der Waals surface area contributed by atoms with Crippen LogP contribution in [0, 0.1) is 0 Å². The smallest absolute Gasteiger partial charge is 0.0648 e. The molecular formula is C14H28N4. The van der Waals surface area contributed by atoms with Crippen LogP contribution in [0.4, 0.5) is 0 Å². The Kier molecular flexibility index (Phi) is 5.35. The molecule has 0 radical (unpaired) electrons. The third-order valence-corrected chi connectivity index (χ3v) is 3.84. The molecule has 1 atom stereocenters. The second-order valence-corrected chi connectivity index (χ2v) is 5.28. The van der Waals surface area contributed by atoms with E-state index in [-0.39, 0.29) is 11.6 Å². The lowest BCUT2D eigenvalue weighted by Gasteiger charge is -2.41. The Morgan fingerprint density at radius 3 is 2.44 bits per heavy atom. The molecule has 0 amide bonds. The van der Waals surface area contributed by atoms with Crippen LogP contribution in [-0.4, -0.2) is 33.3 Å². The summed E-state index contributed by atoms with van der Waals surface area (Å²) in [4.78, 5) is 2.40. The molecule has 1 aromatic rings. The highest BCUT2D eigenvalue weighted by atomic mass is 15.3. The number of rotatable bonds is 7. The summed E-state index contributed by atoms with van der Waals surface area (Å²) in [5.41, 5.74) is 7.57. The van der Waals surface area contributed by atoms with Crippen LogP contribution in [0.25, 0.3) is 0 Å². The van der Waals surface area contributed by atoms with Crippen molar-refractivity contribution in [3.63, 3.8) is 0 Å². The van der Waals surface area contributed by atoms with Gasteiger partial charge in [0, 0.05) is 18.3 Å². The number of nitrogens with zero attached hydrogens (tertiary/aromatic N) is 3. The Morgan fingerprint density at radius 2 is 1.94 bits per heavy atom. The lowest BCUT2D eigenvalue weighted by Crippen LogP contribution is -2.51. The summed E-state index contributed by atoms with van der Waals surface area (Å²) >= 11 is 0. The summed E-state index contributed by atoms with van der Waals surface area (Å²) in [6, 6.07) is 2.03. The van der Waals surface area contributed by atoms with Gasteiger partial charge >= 0.3 is 0 Å². The normalized spacial score (nSPS) is 14.2. The standard InChI is InChI=1S/C14H28N4/c1-6-11-18-12(9-10-16-18)13(15)14(4,5)17(7-2)8-3/h9-10,13H,6-8,11,15H2,1-5H3. The van der Waals surface area contributed by atoms with Crippen molar-refractivity contribution in [3.05, 3.63) is 18.0 Å². The van der Waals surface area contributed by atoms with Crippen LogP contribution in [0.5, 0.6) is 0 Å². The molecule has 0 aromatic carbocycles. The van der Waals surface area contributed by atoms with Gasteiger partial charge in [0.15, 0.2) is 0 Å². The molecule has 2 N–H and O–H groups in total. The number of aryl methyl sites for hydroxylation is 1. The number of aromatic nitrogens is 2.